The molecule has 0 saturated heterocycles. The van der Waals surface area contributed by atoms with Gasteiger partial charge in [0, 0.05) is 20.1 Å². The van der Waals surface area contributed by atoms with Crippen LogP contribution < -0.4 is 10.6 Å². The Morgan fingerprint density at radius 1 is 1.25 bits per heavy atom. The Kier molecular flexibility index (Phi) is 5.11. The molecule has 3 N–H and O–H groups in total. The molecule has 0 bridgehead atoms. The van der Waals surface area contributed by atoms with Crippen molar-refractivity contribution in [2.24, 2.45) is 0 Å². The van der Waals surface area contributed by atoms with Crippen molar-refractivity contribution in [3.05, 3.63) is 6.33 Å². The molecule has 2 aromatic heterocycles. The van der Waals surface area contributed by atoms with Crippen LogP contribution in [-0.4, -0.2) is 58.1 Å². The van der Waals surface area contributed by atoms with Crippen molar-refractivity contribution in [2.45, 2.75) is 20.3 Å². The van der Waals surface area contributed by atoms with Crippen LogP contribution in [0.5, 0.6) is 0 Å². The van der Waals surface area contributed by atoms with E-state index in [-0.39, 0.29) is 0 Å². The highest BCUT2D eigenvalue weighted by Crippen LogP contribution is 2.17. The topological polar surface area (TPSA) is 81.8 Å². The van der Waals surface area contributed by atoms with Gasteiger partial charge >= 0.3 is 0 Å². The zero-order valence-corrected chi connectivity index (χ0v) is 12.4. The van der Waals surface area contributed by atoms with E-state index in [1.54, 1.807) is 13.4 Å². The molecule has 2 rings (SSSR count). The number of likely N-dealkylation sites (N-methyl/N-ethyl adjacent to an activating group) is 1. The van der Waals surface area contributed by atoms with Gasteiger partial charge in [-0.25, -0.2) is 4.98 Å². The van der Waals surface area contributed by atoms with E-state index in [9.17, 15) is 0 Å². The molecule has 0 aliphatic carbocycles. The lowest BCUT2D eigenvalue weighted by Gasteiger charge is -2.19. The van der Waals surface area contributed by atoms with E-state index in [1.165, 1.54) is 6.42 Å². The zero-order chi connectivity index (χ0) is 14.4. The van der Waals surface area contributed by atoms with Gasteiger partial charge in [-0.05, 0) is 19.5 Å². The first kappa shape index (κ1) is 14.5. The number of fused-ring (bicyclic) bond motifs is 1. The Labute approximate surface area is 119 Å². The van der Waals surface area contributed by atoms with Crippen molar-refractivity contribution in [1.82, 2.24) is 24.8 Å². The van der Waals surface area contributed by atoms with Crippen LogP contribution in [0, 0.1) is 0 Å². The number of aromatic amines is 1. The first-order chi connectivity index (χ1) is 9.78. The Bertz CT molecular complexity index is 536. The molecule has 20 heavy (non-hydrogen) atoms. The number of anilines is 2. The minimum Gasteiger partial charge on any atom is -0.367 e. The maximum Gasteiger partial charge on any atom is 0.226 e. The average molecular weight is 277 g/mol. The van der Waals surface area contributed by atoms with Gasteiger partial charge in [0.15, 0.2) is 11.5 Å². The van der Waals surface area contributed by atoms with Crippen LogP contribution in [0.25, 0.3) is 11.2 Å². The number of nitrogens with zero attached hydrogens (tertiary/aromatic N) is 4. The highest BCUT2D eigenvalue weighted by molar-refractivity contribution is 5.83. The monoisotopic (exact) mass is 277 g/mol. The second-order valence-electron chi connectivity index (χ2n) is 4.61. The summed E-state index contributed by atoms with van der Waals surface area (Å²) in [6.07, 6.45) is 2.81. The highest BCUT2D eigenvalue weighted by Gasteiger charge is 2.09. The fourth-order valence-corrected chi connectivity index (χ4v) is 2.15. The summed E-state index contributed by atoms with van der Waals surface area (Å²) in [6, 6.07) is 0. The molecule has 0 aromatic carbocycles. The van der Waals surface area contributed by atoms with Crippen molar-refractivity contribution in [3.8, 4) is 0 Å². The van der Waals surface area contributed by atoms with E-state index in [2.05, 4.69) is 49.3 Å². The molecule has 0 atom stereocenters. The van der Waals surface area contributed by atoms with Gasteiger partial charge in [0.05, 0.1) is 6.33 Å². The van der Waals surface area contributed by atoms with Crippen LogP contribution >= 0.6 is 0 Å². The number of hydrogen-bond acceptors (Lipinski definition) is 6. The van der Waals surface area contributed by atoms with E-state index in [0.29, 0.717) is 11.6 Å². The largest absolute Gasteiger partial charge is 0.367 e. The standard InChI is InChI=1S/C13H23N7/c1-4-7-20(5-2)8-6-15-11-10-12(17-9-16-10)19-13(14-3)18-11/h9H,4-8H2,1-3H3,(H3,14,15,16,17,18,19). The van der Waals surface area contributed by atoms with Crippen LogP contribution in [-0.2, 0) is 0 Å². The first-order valence-corrected chi connectivity index (χ1v) is 7.13. The van der Waals surface area contributed by atoms with Crippen molar-refractivity contribution >= 4 is 22.9 Å². The van der Waals surface area contributed by atoms with Gasteiger partial charge in [-0.2, -0.15) is 9.97 Å². The summed E-state index contributed by atoms with van der Waals surface area (Å²) < 4.78 is 0. The second kappa shape index (κ2) is 7.04. The SMILES string of the molecule is CCCN(CC)CCNc1nc(NC)nc2nc[nH]c12. The van der Waals surface area contributed by atoms with E-state index < -0.39 is 0 Å². The molecule has 0 aliphatic rings. The Morgan fingerprint density at radius 3 is 2.80 bits per heavy atom. The number of nitrogens with one attached hydrogen (secondary N) is 3. The third-order valence-corrected chi connectivity index (χ3v) is 3.22. The van der Waals surface area contributed by atoms with Gasteiger partial charge in [-0.1, -0.05) is 13.8 Å². The Morgan fingerprint density at radius 2 is 2.10 bits per heavy atom. The van der Waals surface area contributed by atoms with Crippen LogP contribution in [0.3, 0.4) is 0 Å². The summed E-state index contributed by atoms with van der Waals surface area (Å²) in [5.74, 6) is 1.37. The summed E-state index contributed by atoms with van der Waals surface area (Å²) in [4.78, 5) is 18.4. The van der Waals surface area contributed by atoms with Crippen molar-refractivity contribution in [2.75, 3.05) is 43.9 Å². The first-order valence-electron chi connectivity index (χ1n) is 7.13. The summed E-state index contributed by atoms with van der Waals surface area (Å²) in [5.41, 5.74) is 1.52. The summed E-state index contributed by atoms with van der Waals surface area (Å²) in [5, 5.41) is 6.32. The molecule has 0 aliphatic heterocycles. The summed E-state index contributed by atoms with van der Waals surface area (Å²) in [7, 11) is 1.80. The number of aromatic nitrogens is 4. The van der Waals surface area contributed by atoms with Crippen LogP contribution in [0.2, 0.25) is 0 Å². The number of hydrogen-bond donors (Lipinski definition) is 3. The second-order valence-corrected chi connectivity index (χ2v) is 4.61. The van der Waals surface area contributed by atoms with Crippen LogP contribution in [0.1, 0.15) is 20.3 Å². The molecule has 110 valence electrons. The molecule has 0 saturated carbocycles. The molecule has 0 amide bonds. The number of H-pyrrole nitrogens is 1. The zero-order valence-electron chi connectivity index (χ0n) is 12.4. The maximum absolute atomic E-state index is 4.44. The lowest BCUT2D eigenvalue weighted by molar-refractivity contribution is 0.300. The van der Waals surface area contributed by atoms with E-state index in [4.69, 9.17) is 0 Å². The molecular weight excluding hydrogens is 254 g/mol. The van der Waals surface area contributed by atoms with Gasteiger partial charge < -0.3 is 20.5 Å². The fraction of sp³-hybridized carbons (Fsp3) is 0.615. The van der Waals surface area contributed by atoms with Gasteiger partial charge in [0.1, 0.15) is 5.52 Å². The smallest absolute Gasteiger partial charge is 0.226 e. The van der Waals surface area contributed by atoms with Gasteiger partial charge in [-0.15, -0.1) is 0 Å². The molecule has 2 heterocycles. The maximum atomic E-state index is 4.44. The molecule has 7 heteroatoms. The molecule has 2 aromatic rings. The highest BCUT2D eigenvalue weighted by atomic mass is 15.2. The summed E-state index contributed by atoms with van der Waals surface area (Å²) in [6.45, 7) is 8.44. The minimum absolute atomic E-state index is 0.577. The molecular formula is C13H23N7. The molecule has 0 fully saturated rings. The van der Waals surface area contributed by atoms with Crippen molar-refractivity contribution in [3.63, 3.8) is 0 Å². The predicted molar refractivity (Wildman–Crippen MR) is 82.1 cm³/mol. The van der Waals surface area contributed by atoms with Crippen molar-refractivity contribution < 1.29 is 0 Å². The van der Waals surface area contributed by atoms with Crippen molar-refractivity contribution in [1.29, 1.82) is 0 Å². The number of imidazole rings is 1. The van der Waals surface area contributed by atoms with Gasteiger partial charge in [0.2, 0.25) is 5.95 Å². The number of rotatable bonds is 8. The molecule has 0 unspecified atom stereocenters. The van der Waals surface area contributed by atoms with E-state index in [1.807, 2.05) is 0 Å². The Balaban J connectivity index is 2.03. The molecule has 0 radical (unpaired) electrons. The lowest BCUT2D eigenvalue weighted by Crippen LogP contribution is -2.29. The predicted octanol–water partition coefficient (Wildman–Crippen LogP) is 1.54. The molecule has 0 spiro atoms. The normalized spacial score (nSPS) is 11.2. The van der Waals surface area contributed by atoms with Gasteiger partial charge in [0.25, 0.3) is 0 Å². The minimum atomic E-state index is 0.577. The van der Waals surface area contributed by atoms with Crippen LogP contribution in [0.4, 0.5) is 11.8 Å². The third-order valence-electron chi connectivity index (χ3n) is 3.22. The average Bonchev–Trinajstić information content (AvgIpc) is 2.94. The third kappa shape index (κ3) is 3.36. The fourth-order valence-electron chi connectivity index (χ4n) is 2.15. The Hall–Kier alpha value is -1.89. The lowest BCUT2D eigenvalue weighted by atomic mass is 10.4. The van der Waals surface area contributed by atoms with Crippen LogP contribution in [0.15, 0.2) is 6.33 Å². The summed E-state index contributed by atoms with van der Waals surface area (Å²) >= 11 is 0. The van der Waals surface area contributed by atoms with Gasteiger partial charge in [-0.3, -0.25) is 0 Å². The molecule has 7 nitrogen and oxygen atoms in total. The van der Waals surface area contributed by atoms with E-state index in [0.717, 1.165) is 37.5 Å². The quantitative estimate of drug-likeness (QED) is 0.679. The van der Waals surface area contributed by atoms with E-state index >= 15 is 0 Å².